The Labute approximate surface area is 149 Å². The Balaban J connectivity index is 2.07. The Morgan fingerprint density at radius 3 is 2.40 bits per heavy atom. The molecule has 0 fully saturated rings. The maximum absolute atomic E-state index is 12.6. The summed E-state index contributed by atoms with van der Waals surface area (Å²) in [6, 6.07) is 13.4. The normalized spacial score (nSPS) is 11.0. The minimum absolute atomic E-state index is 0.116. The number of carbonyl (C=O) groups excluding carboxylic acids is 1. The maximum atomic E-state index is 12.6. The predicted octanol–water partition coefficient (Wildman–Crippen LogP) is 3.93. The molecule has 25 heavy (non-hydrogen) atoms. The lowest BCUT2D eigenvalue weighted by molar-refractivity contribution is 0.0727. The molecule has 0 aliphatic rings. The molecule has 2 aromatic carbocycles. The molecule has 6 heteroatoms. The SMILES string of the molecule is CC(C)Cn1nc(C(=O)Oc2ccc(Cl)cc2)c2ccccc2c1=O. The largest absolute Gasteiger partial charge is 0.422 e. The summed E-state index contributed by atoms with van der Waals surface area (Å²) in [5.41, 5.74) is -0.0989. The van der Waals surface area contributed by atoms with Gasteiger partial charge in [-0.2, -0.15) is 5.10 Å². The second-order valence-electron chi connectivity index (χ2n) is 6.12. The van der Waals surface area contributed by atoms with Crippen LogP contribution in [0.15, 0.2) is 53.3 Å². The third-order valence-electron chi connectivity index (χ3n) is 3.62. The molecule has 0 bridgehead atoms. The highest BCUT2D eigenvalue weighted by atomic mass is 35.5. The summed E-state index contributed by atoms with van der Waals surface area (Å²) in [5, 5.41) is 5.73. The van der Waals surface area contributed by atoms with Gasteiger partial charge in [0, 0.05) is 17.0 Å². The lowest BCUT2D eigenvalue weighted by Crippen LogP contribution is -2.28. The molecule has 0 N–H and O–H groups in total. The highest BCUT2D eigenvalue weighted by Crippen LogP contribution is 2.19. The van der Waals surface area contributed by atoms with Gasteiger partial charge in [-0.1, -0.05) is 43.6 Å². The van der Waals surface area contributed by atoms with E-state index in [1.54, 1.807) is 48.5 Å². The Kier molecular flexibility index (Phi) is 4.86. The molecule has 0 radical (unpaired) electrons. The van der Waals surface area contributed by atoms with Crippen molar-refractivity contribution < 1.29 is 9.53 Å². The molecular weight excluding hydrogens is 340 g/mol. The van der Waals surface area contributed by atoms with Gasteiger partial charge in [-0.05, 0) is 36.2 Å². The summed E-state index contributed by atoms with van der Waals surface area (Å²) in [6.07, 6.45) is 0. The molecule has 0 spiro atoms. The molecule has 0 saturated carbocycles. The van der Waals surface area contributed by atoms with Crippen molar-refractivity contribution in [1.29, 1.82) is 0 Å². The van der Waals surface area contributed by atoms with E-state index in [9.17, 15) is 9.59 Å². The van der Waals surface area contributed by atoms with E-state index >= 15 is 0 Å². The molecule has 3 aromatic rings. The zero-order valence-corrected chi connectivity index (χ0v) is 14.7. The third kappa shape index (κ3) is 3.72. The number of hydrogen-bond donors (Lipinski definition) is 0. The van der Waals surface area contributed by atoms with Crippen molar-refractivity contribution in [3.63, 3.8) is 0 Å². The molecule has 128 valence electrons. The van der Waals surface area contributed by atoms with Crippen molar-refractivity contribution >= 4 is 28.3 Å². The summed E-state index contributed by atoms with van der Waals surface area (Å²) in [4.78, 5) is 25.2. The third-order valence-corrected chi connectivity index (χ3v) is 3.88. The van der Waals surface area contributed by atoms with Crippen LogP contribution in [0.4, 0.5) is 0 Å². The van der Waals surface area contributed by atoms with Crippen LogP contribution in [0.3, 0.4) is 0 Å². The van der Waals surface area contributed by atoms with Crippen LogP contribution in [0.1, 0.15) is 24.3 Å². The lowest BCUT2D eigenvalue weighted by Gasteiger charge is -2.12. The van der Waals surface area contributed by atoms with Crippen LogP contribution in [0.2, 0.25) is 5.02 Å². The number of carbonyl (C=O) groups is 1. The average molecular weight is 357 g/mol. The number of halogens is 1. The fourth-order valence-corrected chi connectivity index (χ4v) is 2.64. The summed E-state index contributed by atoms with van der Waals surface area (Å²) in [7, 11) is 0. The van der Waals surface area contributed by atoms with Crippen LogP contribution in [-0.4, -0.2) is 15.7 Å². The Hall–Kier alpha value is -2.66. The number of ether oxygens (including phenoxy) is 1. The number of rotatable bonds is 4. The van der Waals surface area contributed by atoms with E-state index in [0.29, 0.717) is 28.1 Å². The van der Waals surface area contributed by atoms with Gasteiger partial charge in [0.2, 0.25) is 0 Å². The van der Waals surface area contributed by atoms with Gasteiger partial charge in [0.25, 0.3) is 5.56 Å². The number of fused-ring (bicyclic) bond motifs is 1. The fraction of sp³-hybridized carbons (Fsp3) is 0.211. The molecule has 0 atom stereocenters. The molecule has 3 rings (SSSR count). The number of nitrogens with zero attached hydrogens (tertiary/aromatic N) is 2. The summed E-state index contributed by atoms with van der Waals surface area (Å²) < 4.78 is 6.71. The van der Waals surface area contributed by atoms with Crippen LogP contribution >= 0.6 is 11.6 Å². The highest BCUT2D eigenvalue weighted by molar-refractivity contribution is 6.30. The summed E-state index contributed by atoms with van der Waals surface area (Å²) >= 11 is 5.84. The van der Waals surface area contributed by atoms with Gasteiger partial charge in [0.1, 0.15) is 5.75 Å². The van der Waals surface area contributed by atoms with E-state index < -0.39 is 5.97 Å². The minimum Gasteiger partial charge on any atom is -0.422 e. The molecule has 0 amide bonds. The monoisotopic (exact) mass is 356 g/mol. The fourth-order valence-electron chi connectivity index (χ4n) is 2.51. The maximum Gasteiger partial charge on any atom is 0.364 e. The van der Waals surface area contributed by atoms with Crippen LogP contribution in [0, 0.1) is 5.92 Å². The number of benzene rings is 2. The second kappa shape index (κ2) is 7.07. The second-order valence-corrected chi connectivity index (χ2v) is 6.56. The molecule has 5 nitrogen and oxygen atoms in total. The smallest absolute Gasteiger partial charge is 0.364 e. The van der Waals surface area contributed by atoms with Crippen LogP contribution in [0.5, 0.6) is 5.75 Å². The molecule has 0 unspecified atom stereocenters. The van der Waals surface area contributed by atoms with Crippen molar-refractivity contribution in [3.8, 4) is 5.75 Å². The van der Waals surface area contributed by atoms with Gasteiger partial charge >= 0.3 is 5.97 Å². The molecular formula is C19H17ClN2O3. The number of esters is 1. The molecule has 0 aliphatic heterocycles. The molecule has 0 saturated heterocycles. The van der Waals surface area contributed by atoms with Crippen molar-refractivity contribution in [3.05, 3.63) is 69.6 Å². The first-order valence-corrected chi connectivity index (χ1v) is 8.31. The van der Waals surface area contributed by atoms with E-state index in [4.69, 9.17) is 16.3 Å². The standard InChI is InChI=1S/C19H17ClN2O3/c1-12(2)11-22-18(23)16-6-4-3-5-15(16)17(21-22)19(24)25-14-9-7-13(20)8-10-14/h3-10,12H,11H2,1-2H3. The van der Waals surface area contributed by atoms with E-state index in [-0.39, 0.29) is 17.2 Å². The predicted molar refractivity (Wildman–Crippen MR) is 97.3 cm³/mol. The van der Waals surface area contributed by atoms with Gasteiger partial charge in [-0.15, -0.1) is 0 Å². The van der Waals surface area contributed by atoms with E-state index in [0.717, 1.165) is 0 Å². The van der Waals surface area contributed by atoms with Crippen molar-refractivity contribution in [2.45, 2.75) is 20.4 Å². The highest BCUT2D eigenvalue weighted by Gasteiger charge is 2.19. The first-order chi connectivity index (χ1) is 12.0. The Bertz CT molecular complexity index is 978. The summed E-state index contributed by atoms with van der Waals surface area (Å²) in [5.74, 6) is -0.0376. The van der Waals surface area contributed by atoms with Gasteiger partial charge in [0.05, 0.1) is 5.39 Å². The average Bonchev–Trinajstić information content (AvgIpc) is 2.59. The van der Waals surface area contributed by atoms with Gasteiger partial charge in [-0.3, -0.25) is 4.79 Å². The summed E-state index contributed by atoms with van der Waals surface area (Å²) in [6.45, 7) is 4.38. The zero-order chi connectivity index (χ0) is 18.0. The first-order valence-electron chi connectivity index (χ1n) is 7.93. The lowest BCUT2D eigenvalue weighted by atomic mass is 10.1. The van der Waals surface area contributed by atoms with Gasteiger partial charge < -0.3 is 4.74 Å². The molecule has 1 aromatic heterocycles. The Morgan fingerprint density at radius 2 is 1.76 bits per heavy atom. The molecule has 0 aliphatic carbocycles. The van der Waals surface area contributed by atoms with Gasteiger partial charge in [0.15, 0.2) is 5.69 Å². The zero-order valence-electron chi connectivity index (χ0n) is 13.9. The van der Waals surface area contributed by atoms with Crippen molar-refractivity contribution in [2.24, 2.45) is 5.92 Å². The van der Waals surface area contributed by atoms with Crippen LogP contribution < -0.4 is 10.3 Å². The van der Waals surface area contributed by atoms with E-state index in [1.807, 2.05) is 13.8 Å². The Morgan fingerprint density at radius 1 is 1.12 bits per heavy atom. The number of hydrogen-bond acceptors (Lipinski definition) is 4. The minimum atomic E-state index is -0.615. The molecule has 1 heterocycles. The topological polar surface area (TPSA) is 61.2 Å². The quantitative estimate of drug-likeness (QED) is 0.525. The van der Waals surface area contributed by atoms with Gasteiger partial charge in [-0.25, -0.2) is 9.48 Å². The van der Waals surface area contributed by atoms with Crippen LogP contribution in [-0.2, 0) is 6.54 Å². The van der Waals surface area contributed by atoms with Crippen LogP contribution in [0.25, 0.3) is 10.8 Å². The van der Waals surface area contributed by atoms with E-state index in [2.05, 4.69) is 5.10 Å². The first kappa shape index (κ1) is 17.2. The van der Waals surface area contributed by atoms with Crippen molar-refractivity contribution in [2.75, 3.05) is 0 Å². The van der Waals surface area contributed by atoms with E-state index in [1.165, 1.54) is 4.68 Å². The van der Waals surface area contributed by atoms with Crippen molar-refractivity contribution in [1.82, 2.24) is 9.78 Å². The number of aromatic nitrogens is 2.